The lowest BCUT2D eigenvalue weighted by molar-refractivity contribution is -0.116. The second-order valence-electron chi connectivity index (χ2n) is 7.30. The highest BCUT2D eigenvalue weighted by atomic mass is 32.1. The smallest absolute Gasteiger partial charge is 0.341 e. The summed E-state index contributed by atoms with van der Waals surface area (Å²) in [6.45, 7) is 8.76. The topological polar surface area (TPSA) is 55.4 Å². The molecule has 2 rings (SSSR count). The summed E-state index contributed by atoms with van der Waals surface area (Å²) >= 11 is 1.55. The van der Waals surface area contributed by atoms with Crippen LogP contribution in [0.4, 0.5) is 5.00 Å². The summed E-state index contributed by atoms with van der Waals surface area (Å²) in [5.41, 5.74) is 1.90. The molecule has 0 saturated carbocycles. The molecule has 128 valence electrons. The summed E-state index contributed by atoms with van der Waals surface area (Å²) in [7, 11) is 1.39. The van der Waals surface area contributed by atoms with Gasteiger partial charge in [-0.1, -0.05) is 27.7 Å². The highest BCUT2D eigenvalue weighted by Crippen LogP contribution is 2.44. The lowest BCUT2D eigenvalue weighted by atomic mass is 9.72. The van der Waals surface area contributed by atoms with E-state index in [1.54, 1.807) is 11.3 Å². The molecule has 0 aromatic carbocycles. The van der Waals surface area contributed by atoms with Crippen LogP contribution in [0, 0.1) is 11.3 Å². The fraction of sp³-hybridized carbons (Fsp3) is 0.667. The van der Waals surface area contributed by atoms with Crippen molar-refractivity contribution < 1.29 is 14.3 Å². The Labute approximate surface area is 142 Å². The maximum atomic E-state index is 12.2. The maximum Gasteiger partial charge on any atom is 0.341 e. The van der Waals surface area contributed by atoms with Gasteiger partial charge in [0, 0.05) is 11.3 Å². The third kappa shape index (κ3) is 3.94. The van der Waals surface area contributed by atoms with E-state index in [4.69, 9.17) is 4.74 Å². The number of methoxy groups -OCH3 is 1. The van der Waals surface area contributed by atoms with Crippen LogP contribution in [0.25, 0.3) is 0 Å². The van der Waals surface area contributed by atoms with Crippen molar-refractivity contribution in [3.05, 3.63) is 16.0 Å². The summed E-state index contributed by atoms with van der Waals surface area (Å²) in [6, 6.07) is 0. The van der Waals surface area contributed by atoms with Crippen LogP contribution < -0.4 is 5.32 Å². The van der Waals surface area contributed by atoms with Gasteiger partial charge in [-0.05, 0) is 42.6 Å². The number of nitrogens with one attached hydrogen (secondary N) is 1. The minimum absolute atomic E-state index is 0.0383. The van der Waals surface area contributed by atoms with Crippen molar-refractivity contribution in [1.29, 1.82) is 0 Å². The zero-order chi connectivity index (χ0) is 17.2. The molecule has 1 aromatic heterocycles. The molecule has 1 aromatic rings. The molecule has 0 fully saturated rings. The molecule has 0 saturated heterocycles. The number of carbonyl (C=O) groups excluding carboxylic acids is 2. The fourth-order valence-electron chi connectivity index (χ4n) is 3.15. The molecule has 1 atom stereocenters. The summed E-state index contributed by atoms with van der Waals surface area (Å²) in [4.78, 5) is 25.4. The first-order valence-electron chi connectivity index (χ1n) is 8.30. The van der Waals surface area contributed by atoms with Gasteiger partial charge < -0.3 is 10.1 Å². The van der Waals surface area contributed by atoms with Gasteiger partial charge in [-0.25, -0.2) is 4.79 Å². The summed E-state index contributed by atoms with van der Waals surface area (Å²) in [6.07, 6.45) is 4.17. The highest BCUT2D eigenvalue weighted by molar-refractivity contribution is 7.17. The Morgan fingerprint density at radius 1 is 1.35 bits per heavy atom. The monoisotopic (exact) mass is 337 g/mol. The van der Waals surface area contributed by atoms with Gasteiger partial charge in [-0.15, -0.1) is 11.3 Å². The van der Waals surface area contributed by atoms with E-state index in [1.807, 2.05) is 6.92 Å². The Kier molecular flexibility index (Phi) is 5.50. The van der Waals surface area contributed by atoms with Crippen LogP contribution in [0.2, 0.25) is 0 Å². The van der Waals surface area contributed by atoms with E-state index >= 15 is 0 Å². The average Bonchev–Trinajstić information content (AvgIpc) is 2.82. The largest absolute Gasteiger partial charge is 0.465 e. The second-order valence-corrected chi connectivity index (χ2v) is 8.41. The minimum atomic E-state index is -0.344. The van der Waals surface area contributed by atoms with Crippen LogP contribution in [-0.4, -0.2) is 19.0 Å². The molecule has 1 N–H and O–H groups in total. The van der Waals surface area contributed by atoms with E-state index in [2.05, 4.69) is 26.1 Å². The Balaban J connectivity index is 2.35. The Bertz CT molecular complexity index is 598. The number of anilines is 1. The quantitative estimate of drug-likeness (QED) is 0.827. The summed E-state index contributed by atoms with van der Waals surface area (Å²) < 4.78 is 4.95. The van der Waals surface area contributed by atoms with Gasteiger partial charge in [0.2, 0.25) is 5.91 Å². The standard InChI is InChI=1S/C18H27NO3S/c1-6-7-14(20)19-16-15(17(21)22-5)12-9-8-11(18(2,3)4)10-13(12)23-16/h11H,6-10H2,1-5H3,(H,19,20). The van der Waals surface area contributed by atoms with Crippen molar-refractivity contribution >= 4 is 28.2 Å². The molecule has 1 aliphatic rings. The molecular weight excluding hydrogens is 310 g/mol. The van der Waals surface area contributed by atoms with Crippen LogP contribution in [0.3, 0.4) is 0 Å². The molecule has 0 spiro atoms. The number of ether oxygens (including phenoxy) is 1. The lowest BCUT2D eigenvalue weighted by Crippen LogP contribution is -2.26. The Morgan fingerprint density at radius 3 is 2.61 bits per heavy atom. The van der Waals surface area contributed by atoms with E-state index in [0.717, 1.165) is 31.2 Å². The lowest BCUT2D eigenvalue weighted by Gasteiger charge is -2.33. The molecule has 5 heteroatoms. The fourth-order valence-corrected chi connectivity index (χ4v) is 4.48. The van der Waals surface area contributed by atoms with Gasteiger partial charge in [-0.2, -0.15) is 0 Å². The number of rotatable bonds is 4. The molecule has 1 unspecified atom stereocenters. The van der Waals surface area contributed by atoms with Crippen LogP contribution in [0.15, 0.2) is 0 Å². The van der Waals surface area contributed by atoms with Gasteiger partial charge in [0.25, 0.3) is 0 Å². The van der Waals surface area contributed by atoms with Gasteiger partial charge in [-0.3, -0.25) is 4.79 Å². The van der Waals surface area contributed by atoms with E-state index < -0.39 is 0 Å². The average molecular weight is 337 g/mol. The number of fused-ring (bicyclic) bond motifs is 1. The second kappa shape index (κ2) is 7.04. The zero-order valence-corrected chi connectivity index (χ0v) is 15.6. The number of hydrogen-bond donors (Lipinski definition) is 1. The van der Waals surface area contributed by atoms with E-state index in [9.17, 15) is 9.59 Å². The van der Waals surface area contributed by atoms with E-state index in [-0.39, 0.29) is 17.3 Å². The van der Waals surface area contributed by atoms with Crippen molar-refractivity contribution in [2.24, 2.45) is 11.3 Å². The normalized spacial score (nSPS) is 17.5. The molecule has 1 amide bonds. The van der Waals surface area contributed by atoms with Crippen molar-refractivity contribution in [1.82, 2.24) is 0 Å². The van der Waals surface area contributed by atoms with Gasteiger partial charge in [0.15, 0.2) is 0 Å². The zero-order valence-electron chi connectivity index (χ0n) is 14.7. The van der Waals surface area contributed by atoms with Crippen molar-refractivity contribution in [3.8, 4) is 0 Å². The van der Waals surface area contributed by atoms with Crippen LogP contribution in [0.5, 0.6) is 0 Å². The summed E-state index contributed by atoms with van der Waals surface area (Å²) in [5, 5.41) is 3.58. The first-order valence-corrected chi connectivity index (χ1v) is 9.12. The SMILES string of the molecule is CCCC(=O)Nc1sc2c(c1C(=O)OC)CCC(C(C)(C)C)C2. The predicted octanol–water partition coefficient (Wildman–Crippen LogP) is 4.42. The number of carbonyl (C=O) groups is 2. The number of amides is 1. The number of thiophene rings is 1. The predicted molar refractivity (Wildman–Crippen MR) is 94.2 cm³/mol. The molecular formula is C18H27NO3S. The van der Waals surface area contributed by atoms with Gasteiger partial charge in [0.1, 0.15) is 5.00 Å². The van der Waals surface area contributed by atoms with E-state index in [1.165, 1.54) is 12.0 Å². The third-order valence-corrected chi connectivity index (χ3v) is 5.78. The maximum absolute atomic E-state index is 12.2. The Morgan fingerprint density at radius 2 is 2.04 bits per heavy atom. The Hall–Kier alpha value is -1.36. The minimum Gasteiger partial charge on any atom is -0.465 e. The summed E-state index contributed by atoms with van der Waals surface area (Å²) in [5.74, 6) is 0.213. The highest BCUT2D eigenvalue weighted by Gasteiger charge is 2.34. The molecule has 0 bridgehead atoms. The van der Waals surface area contributed by atoms with Gasteiger partial charge in [0.05, 0.1) is 12.7 Å². The molecule has 1 aliphatic carbocycles. The van der Waals surface area contributed by atoms with Crippen LogP contribution in [-0.2, 0) is 22.4 Å². The molecule has 0 radical (unpaired) electrons. The number of esters is 1. The molecule has 4 nitrogen and oxygen atoms in total. The van der Waals surface area contributed by atoms with Crippen molar-refractivity contribution in [3.63, 3.8) is 0 Å². The number of hydrogen-bond acceptors (Lipinski definition) is 4. The third-order valence-electron chi connectivity index (χ3n) is 4.61. The van der Waals surface area contributed by atoms with Crippen molar-refractivity contribution in [2.45, 2.75) is 59.8 Å². The first-order chi connectivity index (χ1) is 10.8. The van der Waals surface area contributed by atoms with Crippen LogP contribution >= 0.6 is 11.3 Å². The van der Waals surface area contributed by atoms with E-state index in [0.29, 0.717) is 22.9 Å². The first kappa shape index (κ1) is 18.0. The molecule has 1 heterocycles. The molecule has 23 heavy (non-hydrogen) atoms. The molecule has 0 aliphatic heterocycles. The van der Waals surface area contributed by atoms with Crippen molar-refractivity contribution in [2.75, 3.05) is 12.4 Å². The van der Waals surface area contributed by atoms with Gasteiger partial charge >= 0.3 is 5.97 Å². The van der Waals surface area contributed by atoms with Crippen LogP contribution in [0.1, 0.15) is 67.8 Å².